The maximum atomic E-state index is 12.5. The van der Waals surface area contributed by atoms with Crippen molar-refractivity contribution in [3.05, 3.63) is 30.1 Å². The van der Waals surface area contributed by atoms with Gasteiger partial charge in [0, 0.05) is 31.9 Å². The molecule has 3 aromatic heterocycles. The van der Waals surface area contributed by atoms with Crippen molar-refractivity contribution in [2.24, 2.45) is 0 Å². The van der Waals surface area contributed by atoms with Crippen molar-refractivity contribution >= 4 is 28.6 Å². The molecule has 4 heterocycles. The fourth-order valence-electron chi connectivity index (χ4n) is 3.77. The normalized spacial score (nSPS) is 17.0. The molecule has 1 aliphatic rings. The molecule has 0 amide bonds. The number of pyridine rings is 1. The fraction of sp³-hybridized carbons (Fsp3) is 0.524. The molecular formula is C21H27F3N8O. The highest BCUT2D eigenvalue weighted by Gasteiger charge is 2.28. The average Bonchev–Trinajstić information content (AvgIpc) is 3.15. The Morgan fingerprint density at radius 3 is 2.82 bits per heavy atom. The van der Waals surface area contributed by atoms with E-state index in [2.05, 4.69) is 32.5 Å². The van der Waals surface area contributed by atoms with Crippen molar-refractivity contribution in [3.8, 4) is 0 Å². The first-order chi connectivity index (χ1) is 15.8. The average molecular weight is 464 g/mol. The molecule has 4 rings (SSSR count). The summed E-state index contributed by atoms with van der Waals surface area (Å²) < 4.78 is 43.8. The highest BCUT2D eigenvalue weighted by molar-refractivity contribution is 5.90. The van der Waals surface area contributed by atoms with E-state index in [1.54, 1.807) is 10.9 Å². The van der Waals surface area contributed by atoms with Crippen LogP contribution in [0.1, 0.15) is 19.5 Å². The first-order valence-corrected chi connectivity index (χ1v) is 10.9. The minimum Gasteiger partial charge on any atom is -0.370 e. The van der Waals surface area contributed by atoms with Crippen LogP contribution in [0.2, 0.25) is 0 Å². The molecule has 0 saturated carbocycles. The SMILES string of the molecule is CCc1nn(CCOCC(F)(F)F)c2c(Nc3ccccn3)nc(N3CCNC(C)C3)nc12. The number of fused-ring (bicyclic) bond motifs is 1. The molecule has 1 fully saturated rings. The molecule has 0 spiro atoms. The van der Waals surface area contributed by atoms with E-state index < -0.39 is 12.8 Å². The summed E-state index contributed by atoms with van der Waals surface area (Å²) in [5, 5.41) is 11.3. The number of hydrogen-bond donors (Lipinski definition) is 2. The molecule has 0 bridgehead atoms. The first kappa shape index (κ1) is 23.2. The van der Waals surface area contributed by atoms with Gasteiger partial charge in [-0.25, -0.2) is 9.97 Å². The van der Waals surface area contributed by atoms with Crippen molar-refractivity contribution in [1.82, 2.24) is 30.0 Å². The molecule has 1 atom stereocenters. The Morgan fingerprint density at radius 2 is 2.12 bits per heavy atom. The summed E-state index contributed by atoms with van der Waals surface area (Å²) in [6, 6.07) is 5.77. The summed E-state index contributed by atoms with van der Waals surface area (Å²) in [6.45, 7) is 5.11. The van der Waals surface area contributed by atoms with Gasteiger partial charge >= 0.3 is 6.18 Å². The number of aryl methyl sites for hydroxylation is 1. The lowest BCUT2D eigenvalue weighted by atomic mass is 10.2. The molecule has 2 N–H and O–H groups in total. The van der Waals surface area contributed by atoms with Crippen LogP contribution in [0.5, 0.6) is 0 Å². The molecule has 178 valence electrons. The molecular weight excluding hydrogens is 437 g/mol. The number of alkyl halides is 3. The van der Waals surface area contributed by atoms with Gasteiger partial charge in [0.25, 0.3) is 0 Å². The van der Waals surface area contributed by atoms with Crippen LogP contribution in [0.15, 0.2) is 24.4 Å². The lowest BCUT2D eigenvalue weighted by Gasteiger charge is -2.32. The van der Waals surface area contributed by atoms with Gasteiger partial charge in [-0.3, -0.25) is 4.68 Å². The number of hydrogen-bond acceptors (Lipinski definition) is 8. The third-order valence-corrected chi connectivity index (χ3v) is 5.26. The molecule has 1 aliphatic heterocycles. The zero-order chi connectivity index (χ0) is 23.4. The van der Waals surface area contributed by atoms with Gasteiger partial charge in [0.05, 0.1) is 18.8 Å². The number of halogens is 3. The summed E-state index contributed by atoms with van der Waals surface area (Å²) in [4.78, 5) is 16.0. The van der Waals surface area contributed by atoms with Gasteiger partial charge in [0.15, 0.2) is 5.82 Å². The van der Waals surface area contributed by atoms with Gasteiger partial charge in [-0.05, 0) is 25.5 Å². The summed E-state index contributed by atoms with van der Waals surface area (Å²) >= 11 is 0. The Balaban J connectivity index is 1.72. The van der Waals surface area contributed by atoms with Crippen LogP contribution in [0.4, 0.5) is 30.8 Å². The standard InChI is InChI=1S/C21H27F3N8O/c1-3-15-17-18(32(30-15)10-11-33-13-21(22,23)24)19(27-16-6-4-5-7-26-16)29-20(28-17)31-9-8-25-14(2)12-31/h4-7,14,25H,3,8-13H2,1-2H3,(H,26,27,28,29). The second-order valence-electron chi connectivity index (χ2n) is 7.90. The Labute approximate surface area is 189 Å². The van der Waals surface area contributed by atoms with Gasteiger partial charge in [-0.2, -0.15) is 23.3 Å². The summed E-state index contributed by atoms with van der Waals surface area (Å²) in [6.07, 6.45) is -2.09. The predicted molar refractivity (Wildman–Crippen MR) is 119 cm³/mol. The van der Waals surface area contributed by atoms with Crippen molar-refractivity contribution < 1.29 is 17.9 Å². The smallest absolute Gasteiger partial charge is 0.370 e. The van der Waals surface area contributed by atoms with Gasteiger partial charge in [0.1, 0.15) is 23.5 Å². The van der Waals surface area contributed by atoms with Crippen molar-refractivity contribution in [3.63, 3.8) is 0 Å². The fourth-order valence-corrected chi connectivity index (χ4v) is 3.77. The van der Waals surface area contributed by atoms with Gasteiger partial charge in [-0.1, -0.05) is 13.0 Å². The van der Waals surface area contributed by atoms with E-state index in [0.717, 1.165) is 25.3 Å². The zero-order valence-corrected chi connectivity index (χ0v) is 18.6. The molecule has 1 saturated heterocycles. The number of rotatable bonds is 8. The Kier molecular flexibility index (Phi) is 6.94. The number of anilines is 3. The second kappa shape index (κ2) is 9.87. The summed E-state index contributed by atoms with van der Waals surface area (Å²) in [5.74, 6) is 1.68. The number of nitrogens with zero attached hydrogens (tertiary/aromatic N) is 6. The van der Waals surface area contributed by atoms with Crippen LogP contribution < -0.4 is 15.5 Å². The largest absolute Gasteiger partial charge is 0.411 e. The topological polar surface area (TPSA) is 93.0 Å². The van der Waals surface area contributed by atoms with E-state index in [1.807, 2.05) is 25.1 Å². The number of piperazine rings is 1. The Hall–Kier alpha value is -2.99. The monoisotopic (exact) mass is 464 g/mol. The van der Waals surface area contributed by atoms with Crippen LogP contribution in [0, 0.1) is 0 Å². The third-order valence-electron chi connectivity index (χ3n) is 5.26. The van der Waals surface area contributed by atoms with Crippen molar-refractivity contribution in [2.75, 3.05) is 43.1 Å². The predicted octanol–water partition coefficient (Wildman–Crippen LogP) is 2.90. The van der Waals surface area contributed by atoms with Crippen LogP contribution in [0.3, 0.4) is 0 Å². The molecule has 0 radical (unpaired) electrons. The highest BCUT2D eigenvalue weighted by atomic mass is 19.4. The van der Waals surface area contributed by atoms with Crippen LogP contribution in [-0.2, 0) is 17.7 Å². The molecule has 33 heavy (non-hydrogen) atoms. The van der Waals surface area contributed by atoms with Crippen molar-refractivity contribution in [2.45, 2.75) is 39.0 Å². The van der Waals surface area contributed by atoms with Crippen LogP contribution in [0.25, 0.3) is 11.0 Å². The zero-order valence-electron chi connectivity index (χ0n) is 18.6. The third kappa shape index (κ3) is 5.69. The minimum atomic E-state index is -4.37. The quantitative estimate of drug-likeness (QED) is 0.492. The van der Waals surface area contributed by atoms with E-state index >= 15 is 0 Å². The molecule has 3 aromatic rings. The van der Waals surface area contributed by atoms with Crippen molar-refractivity contribution in [1.29, 1.82) is 0 Å². The lowest BCUT2D eigenvalue weighted by Crippen LogP contribution is -2.49. The number of nitrogens with one attached hydrogen (secondary N) is 2. The molecule has 0 aliphatic carbocycles. The van der Waals surface area contributed by atoms with Crippen LogP contribution >= 0.6 is 0 Å². The molecule has 1 unspecified atom stereocenters. The van der Waals surface area contributed by atoms with Crippen LogP contribution in [-0.4, -0.2) is 69.8 Å². The second-order valence-corrected chi connectivity index (χ2v) is 7.90. The summed E-state index contributed by atoms with van der Waals surface area (Å²) in [5.41, 5.74) is 2.03. The minimum absolute atomic E-state index is 0.136. The van der Waals surface area contributed by atoms with E-state index in [-0.39, 0.29) is 13.2 Å². The Bertz CT molecular complexity index is 1070. The maximum absolute atomic E-state index is 12.5. The summed E-state index contributed by atoms with van der Waals surface area (Å²) in [7, 11) is 0. The molecule has 9 nitrogen and oxygen atoms in total. The first-order valence-electron chi connectivity index (χ1n) is 10.9. The highest BCUT2D eigenvalue weighted by Crippen LogP contribution is 2.29. The molecule has 0 aromatic carbocycles. The van der Waals surface area contributed by atoms with E-state index in [9.17, 15) is 13.2 Å². The maximum Gasteiger partial charge on any atom is 0.411 e. The number of aromatic nitrogens is 5. The Morgan fingerprint density at radius 1 is 1.27 bits per heavy atom. The lowest BCUT2D eigenvalue weighted by molar-refractivity contribution is -0.174. The van der Waals surface area contributed by atoms with E-state index in [1.165, 1.54) is 0 Å². The van der Waals surface area contributed by atoms with Gasteiger partial charge < -0.3 is 20.3 Å². The van der Waals surface area contributed by atoms with E-state index in [0.29, 0.717) is 41.1 Å². The van der Waals surface area contributed by atoms with Gasteiger partial charge in [-0.15, -0.1) is 0 Å². The molecule has 12 heteroatoms. The van der Waals surface area contributed by atoms with Gasteiger partial charge in [0.2, 0.25) is 5.95 Å². The van der Waals surface area contributed by atoms with E-state index in [4.69, 9.17) is 14.7 Å². The number of ether oxygens (including phenoxy) is 1.